The molecule has 3 heteroatoms. The van der Waals surface area contributed by atoms with Crippen molar-refractivity contribution >= 4 is 11.6 Å². The van der Waals surface area contributed by atoms with E-state index in [4.69, 9.17) is 11.6 Å². The van der Waals surface area contributed by atoms with Gasteiger partial charge in [0.05, 0.1) is 6.10 Å². The molecule has 20 heavy (non-hydrogen) atoms. The van der Waals surface area contributed by atoms with Crippen LogP contribution in [0.2, 0.25) is 5.02 Å². The SMILES string of the molecule is CC1(C)CCCN(CCC(O)c2ccccc2Cl)CC1. The molecule has 112 valence electrons. The highest BCUT2D eigenvalue weighted by atomic mass is 35.5. The summed E-state index contributed by atoms with van der Waals surface area (Å²) in [5.41, 5.74) is 1.32. The van der Waals surface area contributed by atoms with E-state index in [0.717, 1.165) is 31.6 Å². The molecule has 1 heterocycles. The van der Waals surface area contributed by atoms with Gasteiger partial charge >= 0.3 is 0 Å². The van der Waals surface area contributed by atoms with Gasteiger partial charge in [0.1, 0.15) is 0 Å². The molecule has 1 unspecified atom stereocenters. The maximum absolute atomic E-state index is 10.3. The van der Waals surface area contributed by atoms with Gasteiger partial charge in [-0.2, -0.15) is 0 Å². The molecule has 0 aromatic heterocycles. The molecule has 1 aliphatic rings. The maximum Gasteiger partial charge on any atom is 0.0816 e. The Kier molecular flexibility index (Phi) is 5.48. The van der Waals surface area contributed by atoms with Gasteiger partial charge in [0.2, 0.25) is 0 Å². The molecule has 1 aliphatic heterocycles. The third-order valence-electron chi connectivity index (χ3n) is 4.42. The van der Waals surface area contributed by atoms with E-state index < -0.39 is 6.10 Å². The average molecular weight is 296 g/mol. The van der Waals surface area contributed by atoms with Gasteiger partial charge in [0.15, 0.2) is 0 Å². The van der Waals surface area contributed by atoms with Gasteiger partial charge in [-0.1, -0.05) is 43.6 Å². The molecule has 1 atom stereocenters. The van der Waals surface area contributed by atoms with E-state index in [1.54, 1.807) is 0 Å². The lowest BCUT2D eigenvalue weighted by Gasteiger charge is -2.24. The number of likely N-dealkylation sites (tertiary alicyclic amines) is 1. The molecule has 0 radical (unpaired) electrons. The number of aliphatic hydroxyl groups is 1. The number of hydrogen-bond donors (Lipinski definition) is 1. The Labute approximate surface area is 127 Å². The van der Waals surface area contributed by atoms with Crippen LogP contribution in [-0.2, 0) is 0 Å². The van der Waals surface area contributed by atoms with E-state index in [2.05, 4.69) is 18.7 Å². The second-order valence-electron chi connectivity index (χ2n) is 6.69. The standard InChI is InChI=1S/C17H26ClNO/c1-17(2)9-5-11-19(13-10-17)12-8-16(20)14-6-3-4-7-15(14)18/h3-4,6-7,16,20H,5,8-13H2,1-2H3. The largest absolute Gasteiger partial charge is 0.388 e. The Morgan fingerprint density at radius 1 is 1.25 bits per heavy atom. The van der Waals surface area contributed by atoms with Crippen molar-refractivity contribution in [1.82, 2.24) is 4.90 Å². The number of rotatable bonds is 4. The summed E-state index contributed by atoms with van der Waals surface area (Å²) >= 11 is 6.13. The summed E-state index contributed by atoms with van der Waals surface area (Å²) in [5.74, 6) is 0. The fraction of sp³-hybridized carbons (Fsp3) is 0.647. The summed E-state index contributed by atoms with van der Waals surface area (Å²) < 4.78 is 0. The summed E-state index contributed by atoms with van der Waals surface area (Å²) in [6.07, 6.45) is 4.10. The first kappa shape index (κ1) is 15.8. The number of halogens is 1. The molecule has 0 aliphatic carbocycles. The Morgan fingerprint density at radius 2 is 2.00 bits per heavy atom. The Bertz CT molecular complexity index is 433. The lowest BCUT2D eigenvalue weighted by molar-refractivity contribution is 0.142. The van der Waals surface area contributed by atoms with Crippen LogP contribution in [0.3, 0.4) is 0 Å². The monoisotopic (exact) mass is 295 g/mol. The first-order chi connectivity index (χ1) is 9.48. The topological polar surface area (TPSA) is 23.5 Å². The third-order valence-corrected chi connectivity index (χ3v) is 4.76. The van der Waals surface area contributed by atoms with Gasteiger partial charge in [-0.25, -0.2) is 0 Å². The van der Waals surface area contributed by atoms with Crippen LogP contribution in [0.15, 0.2) is 24.3 Å². The summed E-state index contributed by atoms with van der Waals surface area (Å²) in [6, 6.07) is 7.58. The lowest BCUT2D eigenvalue weighted by atomic mass is 9.85. The molecule has 0 bridgehead atoms. The molecular formula is C17H26ClNO. The quantitative estimate of drug-likeness (QED) is 0.896. The van der Waals surface area contributed by atoms with Gasteiger partial charge < -0.3 is 10.0 Å². The van der Waals surface area contributed by atoms with Crippen molar-refractivity contribution in [3.8, 4) is 0 Å². The molecule has 0 amide bonds. The highest BCUT2D eigenvalue weighted by Gasteiger charge is 2.23. The highest BCUT2D eigenvalue weighted by Crippen LogP contribution is 2.30. The van der Waals surface area contributed by atoms with E-state index in [1.165, 1.54) is 19.3 Å². The van der Waals surface area contributed by atoms with Gasteiger partial charge in [-0.3, -0.25) is 0 Å². The summed E-state index contributed by atoms with van der Waals surface area (Å²) in [4.78, 5) is 2.48. The zero-order valence-electron chi connectivity index (χ0n) is 12.6. The van der Waals surface area contributed by atoms with Gasteiger partial charge in [0.25, 0.3) is 0 Å². The van der Waals surface area contributed by atoms with Gasteiger partial charge in [-0.15, -0.1) is 0 Å². The van der Waals surface area contributed by atoms with Crippen molar-refractivity contribution in [2.75, 3.05) is 19.6 Å². The number of nitrogens with zero attached hydrogens (tertiary/aromatic N) is 1. The minimum atomic E-state index is -0.458. The van der Waals surface area contributed by atoms with Crippen LogP contribution < -0.4 is 0 Å². The smallest absolute Gasteiger partial charge is 0.0816 e. The maximum atomic E-state index is 10.3. The van der Waals surface area contributed by atoms with Crippen LogP contribution in [0.1, 0.15) is 51.2 Å². The van der Waals surface area contributed by atoms with E-state index in [9.17, 15) is 5.11 Å². The minimum Gasteiger partial charge on any atom is -0.388 e. The highest BCUT2D eigenvalue weighted by molar-refractivity contribution is 6.31. The Morgan fingerprint density at radius 3 is 2.75 bits per heavy atom. The zero-order valence-corrected chi connectivity index (χ0v) is 13.4. The summed E-state index contributed by atoms with van der Waals surface area (Å²) in [7, 11) is 0. The molecule has 1 N–H and O–H groups in total. The van der Waals surface area contributed by atoms with Crippen molar-refractivity contribution in [1.29, 1.82) is 0 Å². The predicted octanol–water partition coefficient (Wildman–Crippen LogP) is 4.28. The molecule has 1 fully saturated rings. The number of hydrogen-bond acceptors (Lipinski definition) is 2. The molecule has 1 aromatic rings. The fourth-order valence-electron chi connectivity index (χ4n) is 2.91. The molecule has 0 saturated carbocycles. The predicted molar refractivity (Wildman–Crippen MR) is 85.1 cm³/mol. The zero-order chi connectivity index (χ0) is 14.6. The summed E-state index contributed by atoms with van der Waals surface area (Å²) in [6.45, 7) is 7.95. The van der Waals surface area contributed by atoms with Gasteiger partial charge in [0, 0.05) is 11.6 Å². The first-order valence-corrected chi connectivity index (χ1v) is 8.01. The molecule has 1 saturated heterocycles. The minimum absolute atomic E-state index is 0.458. The van der Waals surface area contributed by atoms with Crippen molar-refractivity contribution in [2.24, 2.45) is 5.41 Å². The second-order valence-corrected chi connectivity index (χ2v) is 7.09. The Hall–Kier alpha value is -0.570. The van der Waals surface area contributed by atoms with E-state index in [-0.39, 0.29) is 0 Å². The lowest BCUT2D eigenvalue weighted by Crippen LogP contribution is -2.27. The van der Waals surface area contributed by atoms with Crippen molar-refractivity contribution in [3.63, 3.8) is 0 Å². The van der Waals surface area contributed by atoms with Crippen LogP contribution in [0.5, 0.6) is 0 Å². The van der Waals surface area contributed by atoms with Crippen molar-refractivity contribution < 1.29 is 5.11 Å². The second kappa shape index (κ2) is 6.93. The van der Waals surface area contributed by atoms with E-state index in [1.807, 2.05) is 24.3 Å². The van der Waals surface area contributed by atoms with Crippen LogP contribution >= 0.6 is 11.6 Å². The van der Waals surface area contributed by atoms with E-state index in [0.29, 0.717) is 10.4 Å². The van der Waals surface area contributed by atoms with Gasteiger partial charge in [-0.05, 0) is 55.8 Å². The number of benzene rings is 1. The molecular weight excluding hydrogens is 270 g/mol. The van der Waals surface area contributed by atoms with E-state index >= 15 is 0 Å². The fourth-order valence-corrected chi connectivity index (χ4v) is 3.17. The molecule has 0 spiro atoms. The van der Waals surface area contributed by atoms with Crippen LogP contribution in [0.25, 0.3) is 0 Å². The van der Waals surface area contributed by atoms with Crippen LogP contribution in [0, 0.1) is 5.41 Å². The number of aliphatic hydroxyl groups excluding tert-OH is 1. The molecule has 2 rings (SSSR count). The third kappa shape index (κ3) is 4.47. The molecule has 2 nitrogen and oxygen atoms in total. The Balaban J connectivity index is 1.84. The summed E-state index contributed by atoms with van der Waals surface area (Å²) in [5, 5.41) is 11.0. The first-order valence-electron chi connectivity index (χ1n) is 7.63. The van der Waals surface area contributed by atoms with Crippen LogP contribution in [-0.4, -0.2) is 29.6 Å². The van der Waals surface area contributed by atoms with Crippen molar-refractivity contribution in [3.05, 3.63) is 34.9 Å². The molecule has 1 aromatic carbocycles. The van der Waals surface area contributed by atoms with Crippen LogP contribution in [0.4, 0.5) is 0 Å². The normalized spacial score (nSPS) is 21.4. The average Bonchev–Trinajstić information content (AvgIpc) is 2.57. The van der Waals surface area contributed by atoms with Crippen molar-refractivity contribution in [2.45, 2.75) is 45.6 Å².